The topological polar surface area (TPSA) is 31.4 Å². The average molecular weight is 506 g/mol. The van der Waals surface area contributed by atoms with Gasteiger partial charge in [-0.3, -0.25) is 0 Å². The second-order valence-electron chi connectivity index (χ2n) is 8.89. The van der Waals surface area contributed by atoms with Gasteiger partial charge in [0.25, 0.3) is 0 Å². The van der Waals surface area contributed by atoms with E-state index in [0.717, 1.165) is 39.3 Å². The standard InChI is InChI=1S/C33H28ClNO2/c1-36-28-17-9-15-25(19-28)31(23-11-5-3-6-12-23)27-21-30(33(34)35-22-27)32(24-13-7-4-8-14-24)26-16-10-18-29(20-26)37-2/h3-22,31-32H,1-2H3. The van der Waals surface area contributed by atoms with E-state index in [2.05, 4.69) is 78.9 Å². The third-order valence-corrected chi connectivity index (χ3v) is 6.97. The number of nitrogens with zero attached hydrogens (tertiary/aromatic N) is 1. The molecule has 0 N–H and O–H groups in total. The van der Waals surface area contributed by atoms with E-state index in [1.165, 1.54) is 5.56 Å². The van der Waals surface area contributed by atoms with Gasteiger partial charge < -0.3 is 9.47 Å². The smallest absolute Gasteiger partial charge is 0.133 e. The van der Waals surface area contributed by atoms with Gasteiger partial charge in [-0.05, 0) is 58.1 Å². The van der Waals surface area contributed by atoms with E-state index in [-0.39, 0.29) is 11.8 Å². The lowest BCUT2D eigenvalue weighted by atomic mass is 9.81. The van der Waals surface area contributed by atoms with E-state index >= 15 is 0 Å². The number of halogens is 1. The lowest BCUT2D eigenvalue weighted by molar-refractivity contribution is 0.414. The zero-order valence-corrected chi connectivity index (χ0v) is 21.6. The lowest BCUT2D eigenvalue weighted by Gasteiger charge is -2.24. The second-order valence-corrected chi connectivity index (χ2v) is 9.25. The summed E-state index contributed by atoms with van der Waals surface area (Å²) in [5.41, 5.74) is 6.52. The van der Waals surface area contributed by atoms with Gasteiger partial charge in [0.05, 0.1) is 14.2 Å². The van der Waals surface area contributed by atoms with E-state index < -0.39 is 0 Å². The van der Waals surface area contributed by atoms with E-state index in [4.69, 9.17) is 26.1 Å². The van der Waals surface area contributed by atoms with Crippen LogP contribution in [0.3, 0.4) is 0 Å². The van der Waals surface area contributed by atoms with Crippen molar-refractivity contribution in [2.75, 3.05) is 14.2 Å². The molecule has 0 aliphatic heterocycles. The maximum atomic E-state index is 6.85. The Balaban J connectivity index is 1.70. The molecule has 2 unspecified atom stereocenters. The Bertz CT molecular complexity index is 1470. The Kier molecular flexibility index (Phi) is 7.53. The van der Waals surface area contributed by atoms with Crippen LogP contribution in [0.1, 0.15) is 45.2 Å². The van der Waals surface area contributed by atoms with Gasteiger partial charge in [-0.2, -0.15) is 0 Å². The SMILES string of the molecule is COc1cccc(C(c2ccccc2)c2cnc(Cl)c(C(c3ccccc3)c3cccc(OC)c3)c2)c1. The molecule has 4 aromatic carbocycles. The summed E-state index contributed by atoms with van der Waals surface area (Å²) in [7, 11) is 3.38. The molecule has 0 amide bonds. The first-order chi connectivity index (χ1) is 18.2. The third-order valence-electron chi connectivity index (χ3n) is 6.65. The molecule has 0 aliphatic carbocycles. The summed E-state index contributed by atoms with van der Waals surface area (Å²) >= 11 is 6.85. The van der Waals surface area contributed by atoms with Crippen LogP contribution in [0, 0.1) is 0 Å². The minimum Gasteiger partial charge on any atom is -0.497 e. The first-order valence-corrected chi connectivity index (χ1v) is 12.6. The molecule has 1 heterocycles. The van der Waals surface area contributed by atoms with E-state index in [0.29, 0.717) is 5.15 Å². The highest BCUT2D eigenvalue weighted by Gasteiger charge is 2.24. The Morgan fingerprint density at radius 2 is 1.03 bits per heavy atom. The second kappa shape index (κ2) is 11.3. The van der Waals surface area contributed by atoms with Crippen LogP contribution in [0.25, 0.3) is 0 Å². The number of methoxy groups -OCH3 is 2. The minimum atomic E-state index is -0.113. The Morgan fingerprint density at radius 1 is 0.541 bits per heavy atom. The van der Waals surface area contributed by atoms with E-state index in [9.17, 15) is 0 Å². The number of hydrogen-bond acceptors (Lipinski definition) is 3. The third kappa shape index (κ3) is 5.37. The summed E-state index contributed by atoms with van der Waals surface area (Å²) in [6.07, 6.45) is 1.89. The highest BCUT2D eigenvalue weighted by Crippen LogP contribution is 2.40. The maximum Gasteiger partial charge on any atom is 0.133 e. The molecule has 0 aliphatic rings. The van der Waals surface area contributed by atoms with Gasteiger partial charge in [0.1, 0.15) is 16.7 Å². The number of rotatable bonds is 8. The van der Waals surface area contributed by atoms with Crippen molar-refractivity contribution < 1.29 is 9.47 Å². The summed E-state index contributed by atoms with van der Waals surface area (Å²) in [5.74, 6) is 1.47. The first kappa shape index (κ1) is 24.6. The minimum absolute atomic E-state index is 0.0402. The zero-order chi connectivity index (χ0) is 25.6. The molecule has 37 heavy (non-hydrogen) atoms. The van der Waals surface area contributed by atoms with Crippen molar-refractivity contribution in [3.63, 3.8) is 0 Å². The average Bonchev–Trinajstić information content (AvgIpc) is 2.96. The Labute approximate surface area is 223 Å². The fourth-order valence-electron chi connectivity index (χ4n) is 4.90. The van der Waals surface area contributed by atoms with Crippen LogP contribution in [-0.2, 0) is 0 Å². The van der Waals surface area contributed by atoms with Crippen LogP contribution < -0.4 is 9.47 Å². The molecule has 3 nitrogen and oxygen atoms in total. The van der Waals surface area contributed by atoms with Crippen LogP contribution in [0.4, 0.5) is 0 Å². The molecular formula is C33H28ClNO2. The van der Waals surface area contributed by atoms with Gasteiger partial charge >= 0.3 is 0 Å². The van der Waals surface area contributed by atoms with Crippen molar-refractivity contribution in [1.82, 2.24) is 4.98 Å². The Hall–Kier alpha value is -4.08. The molecule has 5 rings (SSSR count). The van der Waals surface area contributed by atoms with Gasteiger partial charge in [0.2, 0.25) is 0 Å². The fourth-order valence-corrected chi connectivity index (χ4v) is 5.12. The highest BCUT2D eigenvalue weighted by molar-refractivity contribution is 6.30. The van der Waals surface area contributed by atoms with Gasteiger partial charge in [-0.25, -0.2) is 4.98 Å². The van der Waals surface area contributed by atoms with Crippen LogP contribution in [0.5, 0.6) is 11.5 Å². The predicted molar refractivity (Wildman–Crippen MR) is 150 cm³/mol. The summed E-state index contributed by atoms with van der Waals surface area (Å²) in [4.78, 5) is 4.71. The van der Waals surface area contributed by atoms with Crippen LogP contribution in [-0.4, -0.2) is 19.2 Å². The molecule has 0 saturated carbocycles. The van der Waals surface area contributed by atoms with Crippen molar-refractivity contribution in [1.29, 1.82) is 0 Å². The number of benzene rings is 4. The van der Waals surface area contributed by atoms with Crippen molar-refractivity contribution in [2.45, 2.75) is 11.8 Å². The molecule has 5 aromatic rings. The van der Waals surface area contributed by atoms with Gasteiger partial charge in [0, 0.05) is 23.6 Å². The van der Waals surface area contributed by atoms with Crippen molar-refractivity contribution in [2.24, 2.45) is 0 Å². The summed E-state index contributed by atoms with van der Waals surface area (Å²) < 4.78 is 11.1. The molecule has 4 heteroatoms. The van der Waals surface area contributed by atoms with Crippen molar-refractivity contribution >= 4 is 11.6 Å². The summed E-state index contributed by atoms with van der Waals surface area (Å²) in [6, 6.07) is 39.4. The number of hydrogen-bond donors (Lipinski definition) is 0. The van der Waals surface area contributed by atoms with Crippen LogP contribution in [0.15, 0.2) is 121 Å². The van der Waals surface area contributed by atoms with Crippen molar-refractivity contribution in [3.8, 4) is 11.5 Å². The van der Waals surface area contributed by atoms with Crippen LogP contribution >= 0.6 is 11.6 Å². The molecule has 0 saturated heterocycles. The summed E-state index contributed by atoms with van der Waals surface area (Å²) in [6.45, 7) is 0. The Morgan fingerprint density at radius 3 is 1.57 bits per heavy atom. The quantitative estimate of drug-likeness (QED) is 0.199. The summed E-state index contributed by atoms with van der Waals surface area (Å²) in [5, 5.41) is 0.484. The molecule has 0 bridgehead atoms. The highest BCUT2D eigenvalue weighted by atomic mass is 35.5. The monoisotopic (exact) mass is 505 g/mol. The fraction of sp³-hybridized carbons (Fsp3) is 0.121. The molecule has 184 valence electrons. The lowest BCUT2D eigenvalue weighted by Crippen LogP contribution is -2.09. The molecule has 0 spiro atoms. The van der Waals surface area contributed by atoms with E-state index in [1.54, 1.807) is 14.2 Å². The zero-order valence-electron chi connectivity index (χ0n) is 20.8. The molecular weight excluding hydrogens is 478 g/mol. The van der Waals surface area contributed by atoms with Gasteiger partial charge in [-0.15, -0.1) is 0 Å². The number of ether oxygens (including phenoxy) is 2. The van der Waals surface area contributed by atoms with Gasteiger partial charge in [0.15, 0.2) is 0 Å². The molecule has 0 radical (unpaired) electrons. The largest absolute Gasteiger partial charge is 0.497 e. The molecule has 1 aromatic heterocycles. The van der Waals surface area contributed by atoms with E-state index in [1.807, 2.05) is 42.6 Å². The predicted octanol–water partition coefficient (Wildman–Crippen LogP) is 8.11. The number of pyridine rings is 1. The molecule has 2 atom stereocenters. The normalized spacial score (nSPS) is 12.5. The maximum absolute atomic E-state index is 6.85. The molecule has 0 fully saturated rings. The first-order valence-electron chi connectivity index (χ1n) is 12.2. The number of aromatic nitrogens is 1. The van der Waals surface area contributed by atoms with Gasteiger partial charge in [-0.1, -0.05) is 96.5 Å². The van der Waals surface area contributed by atoms with Crippen molar-refractivity contribution in [3.05, 3.63) is 160 Å². The van der Waals surface area contributed by atoms with Crippen LogP contribution in [0.2, 0.25) is 5.15 Å².